The number of hydrogen-bond acceptors (Lipinski definition) is 4. The van der Waals surface area contributed by atoms with Gasteiger partial charge >= 0.3 is 0 Å². The SMILES string of the molecule is N#Cc1ccc2nnc(-c3cncc(Br)c3)n2c1. The molecule has 0 atom stereocenters. The van der Waals surface area contributed by atoms with Gasteiger partial charge < -0.3 is 0 Å². The fourth-order valence-corrected chi connectivity index (χ4v) is 2.05. The van der Waals surface area contributed by atoms with Crippen molar-refractivity contribution in [1.82, 2.24) is 19.6 Å². The van der Waals surface area contributed by atoms with Crippen LogP contribution in [-0.2, 0) is 0 Å². The Labute approximate surface area is 111 Å². The van der Waals surface area contributed by atoms with E-state index in [0.29, 0.717) is 17.0 Å². The van der Waals surface area contributed by atoms with Gasteiger partial charge in [0.1, 0.15) is 6.07 Å². The lowest BCUT2D eigenvalue weighted by Gasteiger charge is -2.00. The highest BCUT2D eigenvalue weighted by molar-refractivity contribution is 9.10. The first-order valence-corrected chi connectivity index (χ1v) is 5.93. The summed E-state index contributed by atoms with van der Waals surface area (Å²) in [5, 5.41) is 17.1. The van der Waals surface area contributed by atoms with E-state index in [2.05, 4.69) is 37.2 Å². The van der Waals surface area contributed by atoms with Crippen molar-refractivity contribution in [2.75, 3.05) is 0 Å². The number of aromatic nitrogens is 4. The largest absolute Gasteiger partial charge is 0.281 e. The van der Waals surface area contributed by atoms with Gasteiger partial charge in [0.15, 0.2) is 11.5 Å². The number of nitriles is 1. The first-order chi connectivity index (χ1) is 8.78. The molecule has 6 heteroatoms. The highest BCUT2D eigenvalue weighted by Gasteiger charge is 2.09. The van der Waals surface area contributed by atoms with E-state index in [4.69, 9.17) is 5.26 Å². The van der Waals surface area contributed by atoms with Gasteiger partial charge in [-0.2, -0.15) is 5.26 Å². The Morgan fingerprint density at radius 3 is 2.89 bits per heavy atom. The van der Waals surface area contributed by atoms with Gasteiger partial charge in [-0.25, -0.2) is 0 Å². The first kappa shape index (κ1) is 10.9. The second kappa shape index (κ2) is 4.20. The van der Waals surface area contributed by atoms with E-state index in [1.54, 1.807) is 35.1 Å². The predicted octanol–water partition coefficient (Wildman–Crippen LogP) is 2.43. The third kappa shape index (κ3) is 1.75. The van der Waals surface area contributed by atoms with Crippen LogP contribution in [-0.4, -0.2) is 19.6 Å². The summed E-state index contributed by atoms with van der Waals surface area (Å²) in [5.41, 5.74) is 2.10. The Bertz CT molecular complexity index is 771. The molecule has 0 aromatic carbocycles. The molecule has 0 spiro atoms. The van der Waals surface area contributed by atoms with Crippen molar-refractivity contribution in [3.05, 3.63) is 46.8 Å². The Morgan fingerprint density at radius 1 is 1.22 bits per heavy atom. The van der Waals surface area contributed by atoms with E-state index < -0.39 is 0 Å². The molecule has 3 aromatic heterocycles. The lowest BCUT2D eigenvalue weighted by Crippen LogP contribution is -1.91. The molecular weight excluding hydrogens is 294 g/mol. The number of fused-ring (bicyclic) bond motifs is 1. The molecule has 3 rings (SSSR count). The molecule has 0 aliphatic heterocycles. The van der Waals surface area contributed by atoms with Gasteiger partial charge in [0.2, 0.25) is 0 Å². The fraction of sp³-hybridized carbons (Fsp3) is 0. The molecule has 0 saturated carbocycles. The maximum Gasteiger partial charge on any atom is 0.169 e. The first-order valence-electron chi connectivity index (χ1n) is 5.14. The van der Waals surface area contributed by atoms with Crippen molar-refractivity contribution in [3.8, 4) is 17.5 Å². The molecule has 0 fully saturated rings. The number of hydrogen-bond donors (Lipinski definition) is 0. The number of nitrogens with zero attached hydrogens (tertiary/aromatic N) is 5. The molecular formula is C12H6BrN5. The van der Waals surface area contributed by atoms with E-state index >= 15 is 0 Å². The Balaban J connectivity index is 2.27. The standard InChI is InChI=1S/C12H6BrN5/c13-10-3-9(5-15-6-10)12-17-16-11-2-1-8(4-14)7-18(11)12/h1-3,5-7H. The zero-order valence-electron chi connectivity index (χ0n) is 9.08. The quantitative estimate of drug-likeness (QED) is 0.692. The van der Waals surface area contributed by atoms with E-state index in [1.807, 2.05) is 6.07 Å². The summed E-state index contributed by atoms with van der Waals surface area (Å²) in [5.74, 6) is 0.663. The smallest absolute Gasteiger partial charge is 0.169 e. The summed E-state index contributed by atoms with van der Waals surface area (Å²) in [6.07, 6.45) is 5.12. The molecule has 0 amide bonds. The van der Waals surface area contributed by atoms with Gasteiger partial charge in [-0.15, -0.1) is 10.2 Å². The number of rotatable bonds is 1. The minimum atomic E-state index is 0.562. The normalized spacial score (nSPS) is 10.4. The summed E-state index contributed by atoms with van der Waals surface area (Å²) < 4.78 is 2.65. The van der Waals surface area contributed by atoms with Crippen LogP contribution in [0.15, 0.2) is 41.3 Å². The van der Waals surface area contributed by atoms with Crippen LogP contribution in [0, 0.1) is 11.3 Å². The Morgan fingerprint density at radius 2 is 2.11 bits per heavy atom. The van der Waals surface area contributed by atoms with Crippen LogP contribution in [0.2, 0.25) is 0 Å². The second-order valence-corrected chi connectivity index (χ2v) is 4.59. The van der Waals surface area contributed by atoms with Crippen LogP contribution < -0.4 is 0 Å². The highest BCUT2D eigenvalue weighted by Crippen LogP contribution is 2.21. The molecule has 0 saturated heterocycles. The summed E-state index contributed by atoms with van der Waals surface area (Å²) in [7, 11) is 0. The van der Waals surface area contributed by atoms with Crippen molar-refractivity contribution >= 4 is 21.6 Å². The van der Waals surface area contributed by atoms with Crippen LogP contribution in [0.4, 0.5) is 0 Å². The van der Waals surface area contributed by atoms with Crippen molar-refractivity contribution in [1.29, 1.82) is 5.26 Å². The molecule has 3 heterocycles. The maximum atomic E-state index is 8.92. The van der Waals surface area contributed by atoms with E-state index in [0.717, 1.165) is 10.0 Å². The van der Waals surface area contributed by atoms with Crippen molar-refractivity contribution in [3.63, 3.8) is 0 Å². The fourth-order valence-electron chi connectivity index (χ4n) is 1.69. The van der Waals surface area contributed by atoms with Crippen LogP contribution in [0.25, 0.3) is 17.0 Å². The lowest BCUT2D eigenvalue weighted by atomic mass is 10.2. The highest BCUT2D eigenvalue weighted by atomic mass is 79.9. The van der Waals surface area contributed by atoms with Crippen LogP contribution >= 0.6 is 15.9 Å². The Hall–Kier alpha value is -2.26. The summed E-state index contributed by atoms with van der Waals surface area (Å²) in [6, 6.07) is 7.48. The third-order valence-electron chi connectivity index (χ3n) is 2.49. The summed E-state index contributed by atoms with van der Waals surface area (Å²) in [4.78, 5) is 4.10. The average Bonchev–Trinajstić information content (AvgIpc) is 2.81. The van der Waals surface area contributed by atoms with Crippen LogP contribution in [0.3, 0.4) is 0 Å². The molecule has 0 aliphatic rings. The van der Waals surface area contributed by atoms with Crippen molar-refractivity contribution in [2.24, 2.45) is 0 Å². The van der Waals surface area contributed by atoms with Crippen LogP contribution in [0.1, 0.15) is 5.56 Å². The zero-order valence-corrected chi connectivity index (χ0v) is 10.7. The minimum Gasteiger partial charge on any atom is -0.281 e. The average molecular weight is 300 g/mol. The third-order valence-corrected chi connectivity index (χ3v) is 2.93. The molecule has 5 nitrogen and oxygen atoms in total. The van der Waals surface area contributed by atoms with Crippen molar-refractivity contribution in [2.45, 2.75) is 0 Å². The van der Waals surface area contributed by atoms with Gasteiger partial charge in [0.05, 0.1) is 5.56 Å². The van der Waals surface area contributed by atoms with Crippen LogP contribution in [0.5, 0.6) is 0 Å². The Kier molecular flexibility index (Phi) is 2.54. The molecule has 18 heavy (non-hydrogen) atoms. The van der Waals surface area contributed by atoms with E-state index in [9.17, 15) is 0 Å². The monoisotopic (exact) mass is 299 g/mol. The number of halogens is 1. The summed E-state index contributed by atoms with van der Waals surface area (Å²) >= 11 is 3.37. The topological polar surface area (TPSA) is 66.9 Å². The van der Waals surface area contributed by atoms with Gasteiger partial charge in [-0.1, -0.05) is 0 Å². The van der Waals surface area contributed by atoms with Gasteiger partial charge in [0, 0.05) is 28.6 Å². The van der Waals surface area contributed by atoms with E-state index in [1.165, 1.54) is 0 Å². The zero-order chi connectivity index (χ0) is 12.5. The second-order valence-electron chi connectivity index (χ2n) is 3.67. The molecule has 0 aliphatic carbocycles. The lowest BCUT2D eigenvalue weighted by molar-refractivity contribution is 1.10. The maximum absolute atomic E-state index is 8.92. The molecule has 0 bridgehead atoms. The molecule has 0 unspecified atom stereocenters. The molecule has 0 radical (unpaired) electrons. The molecule has 86 valence electrons. The molecule has 3 aromatic rings. The minimum absolute atomic E-state index is 0.562. The summed E-state index contributed by atoms with van der Waals surface area (Å²) in [6.45, 7) is 0. The predicted molar refractivity (Wildman–Crippen MR) is 68.6 cm³/mol. The number of pyridine rings is 2. The molecule has 0 N–H and O–H groups in total. The van der Waals surface area contributed by atoms with Gasteiger partial charge in [-0.3, -0.25) is 9.38 Å². The van der Waals surface area contributed by atoms with Crippen molar-refractivity contribution < 1.29 is 0 Å². The van der Waals surface area contributed by atoms with E-state index in [-0.39, 0.29) is 0 Å². The van der Waals surface area contributed by atoms with Gasteiger partial charge in [-0.05, 0) is 34.1 Å². The van der Waals surface area contributed by atoms with Gasteiger partial charge in [0.25, 0.3) is 0 Å².